The third kappa shape index (κ3) is 4.62. The van der Waals surface area contributed by atoms with Gasteiger partial charge in [0.25, 0.3) is 0 Å². The topological polar surface area (TPSA) is 77.6 Å². The van der Waals surface area contributed by atoms with Crippen molar-refractivity contribution < 1.29 is 9.18 Å². The molecule has 0 unspecified atom stereocenters. The van der Waals surface area contributed by atoms with Crippen molar-refractivity contribution in [2.24, 2.45) is 14.1 Å². The minimum atomic E-state index is -0.536. The molecule has 0 spiro atoms. The van der Waals surface area contributed by atoms with E-state index in [9.17, 15) is 9.18 Å². The zero-order valence-corrected chi connectivity index (χ0v) is 18.3. The summed E-state index contributed by atoms with van der Waals surface area (Å²) in [5, 5.41) is 16.3. The highest BCUT2D eigenvalue weighted by atomic mass is 35.5. The zero-order valence-electron chi connectivity index (χ0n) is 16.7. The van der Waals surface area contributed by atoms with E-state index in [1.807, 2.05) is 55.2 Å². The van der Waals surface area contributed by atoms with E-state index in [0.29, 0.717) is 16.7 Å². The van der Waals surface area contributed by atoms with Gasteiger partial charge in [0, 0.05) is 31.5 Å². The van der Waals surface area contributed by atoms with Crippen molar-refractivity contribution in [3.05, 3.63) is 65.6 Å². The lowest BCUT2D eigenvalue weighted by molar-refractivity contribution is -0.113. The molecular weight excluding hydrogens is 439 g/mol. The number of carbonyl (C=O) groups excluding carboxylic acids is 1. The van der Waals surface area contributed by atoms with E-state index in [1.54, 1.807) is 4.68 Å². The number of aryl methyl sites for hydroxylation is 1. The lowest BCUT2D eigenvalue weighted by Crippen LogP contribution is -2.14. The van der Waals surface area contributed by atoms with Gasteiger partial charge in [0.15, 0.2) is 11.0 Å². The summed E-state index contributed by atoms with van der Waals surface area (Å²) in [6.07, 6.45) is 1.89. The molecule has 158 valence electrons. The number of thioether (sulfide) groups is 1. The van der Waals surface area contributed by atoms with Crippen LogP contribution in [-0.2, 0) is 18.9 Å². The number of nitrogens with one attached hydrogen (secondary N) is 1. The molecule has 0 aliphatic carbocycles. The van der Waals surface area contributed by atoms with Crippen LogP contribution in [0.4, 0.5) is 10.1 Å². The average molecular weight is 457 g/mol. The summed E-state index contributed by atoms with van der Waals surface area (Å²) in [5.41, 5.74) is 3.06. The van der Waals surface area contributed by atoms with Gasteiger partial charge >= 0.3 is 0 Å². The second kappa shape index (κ2) is 8.91. The lowest BCUT2D eigenvalue weighted by Gasteiger charge is -2.06. The van der Waals surface area contributed by atoms with Gasteiger partial charge in [-0.1, -0.05) is 53.7 Å². The van der Waals surface area contributed by atoms with Crippen LogP contribution < -0.4 is 5.32 Å². The Labute approximate surface area is 187 Å². The smallest absolute Gasteiger partial charge is 0.234 e. The predicted molar refractivity (Wildman–Crippen MR) is 119 cm³/mol. The van der Waals surface area contributed by atoms with E-state index in [4.69, 9.17) is 11.6 Å². The Bertz CT molecular complexity index is 1240. The molecule has 0 aliphatic heterocycles. The van der Waals surface area contributed by atoms with Gasteiger partial charge in [-0.05, 0) is 18.2 Å². The molecule has 1 amide bonds. The molecule has 0 saturated heterocycles. The van der Waals surface area contributed by atoms with Crippen LogP contribution in [0.25, 0.3) is 22.6 Å². The van der Waals surface area contributed by atoms with Crippen LogP contribution in [0, 0.1) is 5.82 Å². The fourth-order valence-corrected chi connectivity index (χ4v) is 3.93. The predicted octanol–water partition coefficient (Wildman–Crippen LogP) is 4.41. The summed E-state index contributed by atoms with van der Waals surface area (Å²) in [5.74, 6) is -0.0331. The van der Waals surface area contributed by atoms with Crippen molar-refractivity contribution in [1.29, 1.82) is 0 Å². The summed E-state index contributed by atoms with van der Waals surface area (Å²) in [6.45, 7) is 0. The molecule has 2 aromatic carbocycles. The minimum Gasteiger partial charge on any atom is -0.325 e. The fraction of sp³-hybridized carbons (Fsp3) is 0.143. The lowest BCUT2D eigenvalue weighted by atomic mass is 10.1. The molecule has 0 atom stereocenters. The van der Waals surface area contributed by atoms with E-state index in [-0.39, 0.29) is 16.7 Å². The van der Waals surface area contributed by atoms with Crippen molar-refractivity contribution in [3.8, 4) is 22.6 Å². The quantitative estimate of drug-likeness (QED) is 0.435. The van der Waals surface area contributed by atoms with Crippen molar-refractivity contribution in [3.63, 3.8) is 0 Å². The molecular formula is C21H18ClFN6OS. The molecule has 4 aromatic rings. The Morgan fingerprint density at radius 2 is 1.94 bits per heavy atom. The van der Waals surface area contributed by atoms with Gasteiger partial charge in [-0.2, -0.15) is 5.10 Å². The molecule has 2 heterocycles. The van der Waals surface area contributed by atoms with Gasteiger partial charge in [-0.3, -0.25) is 9.48 Å². The molecule has 1 N–H and O–H groups in total. The third-order valence-corrected chi connectivity index (χ3v) is 5.80. The first kappa shape index (κ1) is 21.1. The van der Waals surface area contributed by atoms with E-state index in [0.717, 1.165) is 16.8 Å². The van der Waals surface area contributed by atoms with Crippen molar-refractivity contribution in [1.82, 2.24) is 24.5 Å². The van der Waals surface area contributed by atoms with Crippen molar-refractivity contribution in [2.45, 2.75) is 5.16 Å². The second-order valence-corrected chi connectivity index (χ2v) is 8.11. The van der Waals surface area contributed by atoms with Crippen LogP contribution in [0.1, 0.15) is 0 Å². The van der Waals surface area contributed by atoms with E-state index < -0.39 is 5.82 Å². The molecule has 2 aromatic heterocycles. The summed E-state index contributed by atoms with van der Waals surface area (Å²) in [4.78, 5) is 12.3. The summed E-state index contributed by atoms with van der Waals surface area (Å²) in [7, 11) is 3.70. The molecule has 10 heteroatoms. The summed E-state index contributed by atoms with van der Waals surface area (Å²) >= 11 is 7.00. The number of anilines is 1. The van der Waals surface area contributed by atoms with E-state index in [1.165, 1.54) is 30.0 Å². The van der Waals surface area contributed by atoms with Crippen molar-refractivity contribution in [2.75, 3.05) is 11.1 Å². The maximum absolute atomic E-state index is 13.3. The molecule has 0 saturated carbocycles. The Morgan fingerprint density at radius 1 is 1.16 bits per heavy atom. The van der Waals surface area contributed by atoms with Crippen LogP contribution in [0.2, 0.25) is 5.02 Å². The Kier molecular flexibility index (Phi) is 6.06. The average Bonchev–Trinajstić information content (AvgIpc) is 3.32. The number of benzene rings is 2. The number of carbonyl (C=O) groups is 1. The van der Waals surface area contributed by atoms with Gasteiger partial charge in [0.2, 0.25) is 5.91 Å². The Balaban J connectivity index is 1.49. The van der Waals surface area contributed by atoms with E-state index in [2.05, 4.69) is 20.6 Å². The third-order valence-electron chi connectivity index (χ3n) is 4.49. The molecule has 7 nitrogen and oxygen atoms in total. The van der Waals surface area contributed by atoms with Gasteiger partial charge in [0.05, 0.1) is 16.3 Å². The number of amides is 1. The fourth-order valence-electron chi connectivity index (χ4n) is 3.04. The highest BCUT2D eigenvalue weighted by Crippen LogP contribution is 2.31. The van der Waals surface area contributed by atoms with Crippen LogP contribution in [0.3, 0.4) is 0 Å². The molecule has 0 aliphatic rings. The van der Waals surface area contributed by atoms with Gasteiger partial charge in [-0.25, -0.2) is 4.39 Å². The number of aromatic nitrogens is 5. The molecule has 0 radical (unpaired) electrons. The first-order valence-electron chi connectivity index (χ1n) is 9.29. The number of hydrogen-bond acceptors (Lipinski definition) is 5. The molecule has 0 bridgehead atoms. The Hall–Kier alpha value is -3.17. The van der Waals surface area contributed by atoms with Crippen molar-refractivity contribution >= 4 is 35.0 Å². The van der Waals surface area contributed by atoms with Crippen LogP contribution in [0.5, 0.6) is 0 Å². The molecule has 4 rings (SSSR count). The first-order chi connectivity index (χ1) is 14.9. The number of rotatable bonds is 6. The Morgan fingerprint density at radius 3 is 2.68 bits per heavy atom. The monoisotopic (exact) mass is 456 g/mol. The largest absolute Gasteiger partial charge is 0.325 e. The van der Waals surface area contributed by atoms with Crippen LogP contribution in [-0.4, -0.2) is 36.2 Å². The second-order valence-electron chi connectivity index (χ2n) is 6.76. The molecule has 0 fully saturated rings. The van der Waals surface area contributed by atoms with Crippen LogP contribution >= 0.6 is 23.4 Å². The molecule has 31 heavy (non-hydrogen) atoms. The maximum atomic E-state index is 13.3. The minimum absolute atomic E-state index is 0.0471. The summed E-state index contributed by atoms with van der Waals surface area (Å²) < 4.78 is 16.8. The SMILES string of the molecule is Cn1cc(-c2nnc(SCC(=O)Nc3ccc(F)c(Cl)c3)n2C)c(-c2ccccc2)n1. The van der Waals surface area contributed by atoms with Gasteiger partial charge < -0.3 is 9.88 Å². The highest BCUT2D eigenvalue weighted by Gasteiger charge is 2.19. The number of nitrogens with zero attached hydrogens (tertiary/aromatic N) is 5. The summed E-state index contributed by atoms with van der Waals surface area (Å²) in [6, 6.07) is 13.9. The standard InChI is InChI=1S/C21H18ClFN6OS/c1-28-11-15(19(27-28)13-6-4-3-5-7-13)20-25-26-21(29(20)2)31-12-18(30)24-14-8-9-17(23)16(22)10-14/h3-11H,12H2,1-2H3,(H,24,30). The highest BCUT2D eigenvalue weighted by molar-refractivity contribution is 7.99. The number of halogens is 2. The maximum Gasteiger partial charge on any atom is 0.234 e. The van der Waals surface area contributed by atoms with Gasteiger partial charge in [0.1, 0.15) is 11.5 Å². The normalized spacial score (nSPS) is 11.0. The number of hydrogen-bond donors (Lipinski definition) is 1. The van der Waals surface area contributed by atoms with E-state index >= 15 is 0 Å². The van der Waals surface area contributed by atoms with Gasteiger partial charge in [-0.15, -0.1) is 10.2 Å². The van der Waals surface area contributed by atoms with Crippen LogP contribution in [0.15, 0.2) is 59.9 Å². The zero-order chi connectivity index (χ0) is 22.0. The first-order valence-corrected chi connectivity index (χ1v) is 10.7.